The monoisotopic (exact) mass is 445 g/mol. The quantitative estimate of drug-likeness (QED) is 0.639. The van der Waals surface area contributed by atoms with Gasteiger partial charge in [-0.05, 0) is 25.6 Å². The molecule has 1 aliphatic heterocycles. The van der Waals surface area contributed by atoms with Crippen LogP contribution >= 0.6 is 0 Å². The molecule has 1 N–H and O–H groups in total. The maximum absolute atomic E-state index is 13.9. The van der Waals surface area contributed by atoms with Crippen LogP contribution < -0.4 is 19.5 Å². The Kier molecular flexibility index (Phi) is 8.70. The number of ether oxygens (including phenoxy) is 3. The molecule has 1 fully saturated rings. The van der Waals surface area contributed by atoms with Gasteiger partial charge in [-0.25, -0.2) is 4.39 Å². The van der Waals surface area contributed by atoms with Crippen molar-refractivity contribution in [3.8, 4) is 17.2 Å². The van der Waals surface area contributed by atoms with Crippen LogP contribution in [0.25, 0.3) is 0 Å². The van der Waals surface area contributed by atoms with Crippen LogP contribution in [0.4, 0.5) is 10.1 Å². The fourth-order valence-electron chi connectivity index (χ4n) is 3.91. The van der Waals surface area contributed by atoms with Crippen molar-refractivity contribution >= 4 is 11.6 Å². The van der Waals surface area contributed by atoms with Crippen LogP contribution in [0.2, 0.25) is 0 Å². The van der Waals surface area contributed by atoms with Crippen LogP contribution in [0.5, 0.6) is 17.2 Å². The lowest BCUT2D eigenvalue weighted by atomic mass is 10.2. The number of carbonyl (C=O) groups is 1. The van der Waals surface area contributed by atoms with Crippen LogP contribution in [0.3, 0.4) is 0 Å². The van der Waals surface area contributed by atoms with Crippen molar-refractivity contribution < 1.29 is 23.4 Å². The topological polar surface area (TPSA) is 63.3 Å². The molecule has 2 aromatic carbocycles. The van der Waals surface area contributed by atoms with Crippen molar-refractivity contribution in [3.63, 3.8) is 0 Å². The Morgan fingerprint density at radius 1 is 0.969 bits per heavy atom. The van der Waals surface area contributed by atoms with E-state index in [4.69, 9.17) is 14.2 Å². The molecule has 1 aliphatic rings. The maximum Gasteiger partial charge on any atom is 0.225 e. The number of halogens is 1. The Morgan fingerprint density at radius 2 is 1.62 bits per heavy atom. The number of methoxy groups -OCH3 is 3. The molecule has 2 aromatic rings. The smallest absolute Gasteiger partial charge is 0.225 e. The van der Waals surface area contributed by atoms with Gasteiger partial charge in [-0.1, -0.05) is 18.2 Å². The van der Waals surface area contributed by atoms with E-state index in [2.05, 4.69) is 15.1 Å². The fourth-order valence-corrected chi connectivity index (χ4v) is 3.91. The molecule has 1 heterocycles. The molecule has 3 rings (SSSR count). The average Bonchev–Trinajstić information content (AvgIpc) is 3.03. The minimum atomic E-state index is -0.155. The van der Waals surface area contributed by atoms with Gasteiger partial charge in [0.1, 0.15) is 5.82 Å². The molecule has 7 nitrogen and oxygen atoms in total. The Hall–Kier alpha value is -2.84. The van der Waals surface area contributed by atoms with Crippen molar-refractivity contribution in [1.29, 1.82) is 0 Å². The summed E-state index contributed by atoms with van der Waals surface area (Å²) in [5, 5.41) is 2.91. The Balaban J connectivity index is 1.49. The second-order valence-electron chi connectivity index (χ2n) is 7.77. The number of nitrogens with one attached hydrogen (secondary N) is 1. The number of benzene rings is 2. The first-order valence-electron chi connectivity index (χ1n) is 10.8. The first-order valence-corrected chi connectivity index (χ1v) is 10.8. The second kappa shape index (κ2) is 11.7. The number of hydrogen-bond acceptors (Lipinski definition) is 6. The summed E-state index contributed by atoms with van der Waals surface area (Å²) < 4.78 is 29.9. The van der Waals surface area contributed by atoms with Gasteiger partial charge in [0.2, 0.25) is 11.7 Å². The molecular formula is C24H32FN3O4. The van der Waals surface area contributed by atoms with Gasteiger partial charge in [0.25, 0.3) is 0 Å². The van der Waals surface area contributed by atoms with Crippen LogP contribution in [-0.2, 0) is 11.3 Å². The maximum atomic E-state index is 13.9. The molecule has 32 heavy (non-hydrogen) atoms. The highest BCUT2D eigenvalue weighted by Gasteiger charge is 2.18. The molecule has 1 amide bonds. The number of anilines is 1. The van der Waals surface area contributed by atoms with Gasteiger partial charge < -0.3 is 24.4 Å². The molecular weight excluding hydrogens is 413 g/mol. The van der Waals surface area contributed by atoms with E-state index >= 15 is 0 Å². The molecule has 0 unspecified atom stereocenters. The zero-order valence-corrected chi connectivity index (χ0v) is 19.0. The van der Waals surface area contributed by atoms with E-state index in [-0.39, 0.29) is 11.7 Å². The average molecular weight is 446 g/mol. The molecule has 0 saturated carbocycles. The summed E-state index contributed by atoms with van der Waals surface area (Å²) in [5.41, 5.74) is 1.32. The van der Waals surface area contributed by atoms with Gasteiger partial charge in [0.05, 0.1) is 21.3 Å². The number of hydrogen-bond donors (Lipinski definition) is 1. The highest BCUT2D eigenvalue weighted by Crippen LogP contribution is 2.39. The van der Waals surface area contributed by atoms with Gasteiger partial charge in [0.15, 0.2) is 11.5 Å². The first-order chi connectivity index (χ1) is 15.5. The van der Waals surface area contributed by atoms with E-state index in [0.717, 1.165) is 38.2 Å². The SMILES string of the molecule is COc1cc(NC(=O)CCN2CCCN(Cc3ccccc3F)CC2)cc(OC)c1OC. The summed E-state index contributed by atoms with van der Waals surface area (Å²) >= 11 is 0. The highest BCUT2D eigenvalue weighted by atomic mass is 19.1. The molecule has 1 saturated heterocycles. The lowest BCUT2D eigenvalue weighted by Gasteiger charge is -2.22. The summed E-state index contributed by atoms with van der Waals surface area (Å²) in [6, 6.07) is 10.4. The van der Waals surface area contributed by atoms with E-state index in [0.29, 0.717) is 42.4 Å². The summed E-state index contributed by atoms with van der Waals surface area (Å²) in [5.74, 6) is 1.23. The molecule has 0 aliphatic carbocycles. The molecule has 8 heteroatoms. The van der Waals surface area contributed by atoms with Gasteiger partial charge in [0, 0.05) is 56.0 Å². The fraction of sp³-hybridized carbons (Fsp3) is 0.458. The predicted molar refractivity (Wildman–Crippen MR) is 122 cm³/mol. The summed E-state index contributed by atoms with van der Waals surface area (Å²) in [7, 11) is 4.62. The third-order valence-corrected chi connectivity index (χ3v) is 5.64. The number of carbonyl (C=O) groups excluding carboxylic acids is 1. The summed E-state index contributed by atoms with van der Waals surface area (Å²) in [6.07, 6.45) is 1.37. The molecule has 0 radical (unpaired) electrons. The minimum Gasteiger partial charge on any atom is -0.493 e. The van der Waals surface area contributed by atoms with Crippen molar-refractivity contribution in [2.45, 2.75) is 19.4 Å². The van der Waals surface area contributed by atoms with E-state index in [1.807, 2.05) is 12.1 Å². The molecule has 0 bridgehead atoms. The molecule has 0 aromatic heterocycles. The third-order valence-electron chi connectivity index (χ3n) is 5.64. The Morgan fingerprint density at radius 3 is 2.28 bits per heavy atom. The van der Waals surface area contributed by atoms with Gasteiger partial charge in [-0.15, -0.1) is 0 Å². The normalized spacial score (nSPS) is 15.1. The van der Waals surface area contributed by atoms with Crippen molar-refractivity contribution in [2.24, 2.45) is 0 Å². The zero-order chi connectivity index (χ0) is 22.9. The molecule has 0 atom stereocenters. The zero-order valence-electron chi connectivity index (χ0n) is 19.0. The molecule has 174 valence electrons. The predicted octanol–water partition coefficient (Wildman–Crippen LogP) is 3.39. The Labute approximate surface area is 189 Å². The van der Waals surface area contributed by atoms with Crippen molar-refractivity contribution in [1.82, 2.24) is 9.80 Å². The largest absolute Gasteiger partial charge is 0.493 e. The van der Waals surface area contributed by atoms with Gasteiger partial charge >= 0.3 is 0 Å². The van der Waals surface area contributed by atoms with Gasteiger partial charge in [-0.2, -0.15) is 0 Å². The van der Waals surface area contributed by atoms with Gasteiger partial charge in [-0.3, -0.25) is 9.69 Å². The van der Waals surface area contributed by atoms with E-state index in [1.165, 1.54) is 27.4 Å². The molecule has 0 spiro atoms. The highest BCUT2D eigenvalue weighted by molar-refractivity contribution is 5.91. The van der Waals surface area contributed by atoms with Crippen LogP contribution in [-0.4, -0.2) is 69.8 Å². The van der Waals surface area contributed by atoms with Crippen LogP contribution in [0.15, 0.2) is 36.4 Å². The summed E-state index contributed by atoms with van der Waals surface area (Å²) in [6.45, 7) is 4.83. The van der Waals surface area contributed by atoms with E-state index in [9.17, 15) is 9.18 Å². The lowest BCUT2D eigenvalue weighted by Crippen LogP contribution is -2.32. The third kappa shape index (κ3) is 6.34. The number of rotatable bonds is 9. The lowest BCUT2D eigenvalue weighted by molar-refractivity contribution is -0.116. The van der Waals surface area contributed by atoms with E-state index in [1.54, 1.807) is 18.2 Å². The van der Waals surface area contributed by atoms with Crippen LogP contribution in [0.1, 0.15) is 18.4 Å². The van der Waals surface area contributed by atoms with Crippen molar-refractivity contribution in [2.75, 3.05) is 59.4 Å². The number of nitrogens with zero attached hydrogens (tertiary/aromatic N) is 2. The minimum absolute atomic E-state index is 0.0771. The van der Waals surface area contributed by atoms with Crippen molar-refractivity contribution in [3.05, 3.63) is 47.8 Å². The second-order valence-corrected chi connectivity index (χ2v) is 7.77. The van der Waals surface area contributed by atoms with E-state index < -0.39 is 0 Å². The summed E-state index contributed by atoms with van der Waals surface area (Å²) in [4.78, 5) is 17.1. The van der Waals surface area contributed by atoms with Crippen LogP contribution in [0, 0.1) is 5.82 Å². The first kappa shape index (κ1) is 23.8. The Bertz CT molecular complexity index is 884. The standard InChI is InChI=1S/C24H32FN3O4/c1-30-21-15-19(16-22(31-2)24(21)32-3)26-23(29)9-12-27-10-6-11-28(14-13-27)17-18-7-4-5-8-20(18)25/h4-5,7-8,15-16H,6,9-14,17H2,1-3H3,(H,26,29). The number of amides is 1.